The number of oxime groups is 1. The van der Waals surface area contributed by atoms with Crippen molar-refractivity contribution in [2.45, 2.75) is 25.8 Å². The molecule has 0 saturated carbocycles. The summed E-state index contributed by atoms with van der Waals surface area (Å²) in [4.78, 5) is 20.6. The summed E-state index contributed by atoms with van der Waals surface area (Å²) in [7, 11) is 0. The molecule has 1 unspecified atom stereocenters. The van der Waals surface area contributed by atoms with E-state index in [-0.39, 0.29) is 17.8 Å². The highest BCUT2D eigenvalue weighted by Crippen LogP contribution is 2.11. The predicted molar refractivity (Wildman–Crippen MR) is 79.1 cm³/mol. The number of carbonyl (C=O) groups excluding carboxylic acids is 1. The number of aromatic nitrogens is 2. The van der Waals surface area contributed by atoms with E-state index in [1.807, 2.05) is 6.92 Å². The van der Waals surface area contributed by atoms with Crippen LogP contribution in [-0.4, -0.2) is 33.0 Å². The molecule has 0 aliphatic carbocycles. The van der Waals surface area contributed by atoms with E-state index in [0.717, 1.165) is 5.52 Å². The van der Waals surface area contributed by atoms with Crippen molar-refractivity contribution in [1.29, 1.82) is 0 Å². The average Bonchev–Trinajstić information content (AvgIpc) is 2.53. The Bertz CT molecular complexity index is 671. The van der Waals surface area contributed by atoms with E-state index in [4.69, 9.17) is 10.9 Å². The van der Waals surface area contributed by atoms with Crippen LogP contribution in [0.25, 0.3) is 11.0 Å². The van der Waals surface area contributed by atoms with Crippen LogP contribution in [0.3, 0.4) is 0 Å². The van der Waals surface area contributed by atoms with Crippen LogP contribution in [0.1, 0.15) is 30.1 Å². The summed E-state index contributed by atoms with van der Waals surface area (Å²) in [5.74, 6) is -0.133. The van der Waals surface area contributed by atoms with E-state index in [1.165, 1.54) is 0 Å². The van der Waals surface area contributed by atoms with E-state index < -0.39 is 0 Å². The van der Waals surface area contributed by atoms with Crippen molar-refractivity contribution in [3.63, 3.8) is 0 Å². The second-order valence-electron chi connectivity index (χ2n) is 4.63. The first-order valence-corrected chi connectivity index (χ1v) is 6.62. The Labute approximate surface area is 121 Å². The van der Waals surface area contributed by atoms with Gasteiger partial charge in [0.2, 0.25) is 0 Å². The first-order chi connectivity index (χ1) is 10.1. The Morgan fingerprint density at radius 3 is 2.76 bits per heavy atom. The van der Waals surface area contributed by atoms with Crippen LogP contribution in [-0.2, 0) is 0 Å². The molecule has 0 saturated heterocycles. The summed E-state index contributed by atoms with van der Waals surface area (Å²) in [5.41, 5.74) is 7.37. The van der Waals surface area contributed by atoms with Gasteiger partial charge in [-0.15, -0.1) is 0 Å². The molecule has 0 fully saturated rings. The number of amidine groups is 1. The van der Waals surface area contributed by atoms with Crippen molar-refractivity contribution in [3.05, 3.63) is 36.2 Å². The van der Waals surface area contributed by atoms with E-state index >= 15 is 0 Å². The molecule has 0 bridgehead atoms. The maximum absolute atomic E-state index is 12.2. The minimum atomic E-state index is -0.222. The maximum atomic E-state index is 12.2. The maximum Gasteiger partial charge on any atom is 0.251 e. The fraction of sp³-hybridized carbons (Fsp3) is 0.286. The molecular formula is C14H17N5O2. The molecule has 1 aromatic carbocycles. The highest BCUT2D eigenvalue weighted by atomic mass is 16.4. The van der Waals surface area contributed by atoms with Crippen molar-refractivity contribution in [1.82, 2.24) is 15.3 Å². The summed E-state index contributed by atoms with van der Waals surface area (Å²) >= 11 is 0. The number of rotatable bonds is 5. The summed E-state index contributed by atoms with van der Waals surface area (Å²) in [6.07, 6.45) is 4.16. The lowest BCUT2D eigenvalue weighted by Crippen LogP contribution is -2.37. The van der Waals surface area contributed by atoms with Gasteiger partial charge in [-0.3, -0.25) is 14.8 Å². The van der Waals surface area contributed by atoms with Gasteiger partial charge in [-0.2, -0.15) is 0 Å². The molecule has 0 aliphatic rings. The van der Waals surface area contributed by atoms with Gasteiger partial charge in [0.1, 0.15) is 5.84 Å². The van der Waals surface area contributed by atoms with E-state index in [0.29, 0.717) is 23.9 Å². The zero-order valence-corrected chi connectivity index (χ0v) is 11.7. The molecule has 0 aliphatic heterocycles. The molecule has 0 spiro atoms. The zero-order chi connectivity index (χ0) is 15.2. The molecule has 7 nitrogen and oxygen atoms in total. The molecule has 7 heteroatoms. The second-order valence-corrected chi connectivity index (χ2v) is 4.63. The number of benzene rings is 1. The molecule has 4 N–H and O–H groups in total. The van der Waals surface area contributed by atoms with Crippen LogP contribution in [0, 0.1) is 0 Å². The van der Waals surface area contributed by atoms with Gasteiger partial charge in [-0.1, -0.05) is 12.1 Å². The van der Waals surface area contributed by atoms with Crippen LogP contribution in [0.4, 0.5) is 0 Å². The average molecular weight is 287 g/mol. The van der Waals surface area contributed by atoms with E-state index in [9.17, 15) is 4.79 Å². The number of nitrogens with one attached hydrogen (secondary N) is 1. The normalized spacial score (nSPS) is 13.1. The fourth-order valence-electron chi connectivity index (χ4n) is 1.96. The predicted octanol–water partition coefficient (Wildman–Crippen LogP) is 1.27. The number of hydrogen-bond acceptors (Lipinski definition) is 5. The third-order valence-electron chi connectivity index (χ3n) is 3.14. The highest BCUT2D eigenvalue weighted by molar-refractivity contribution is 5.97. The third-order valence-corrected chi connectivity index (χ3v) is 3.14. The Morgan fingerprint density at radius 2 is 2.10 bits per heavy atom. The molecule has 1 amide bonds. The van der Waals surface area contributed by atoms with Crippen LogP contribution >= 0.6 is 0 Å². The minimum Gasteiger partial charge on any atom is -0.409 e. The minimum absolute atomic E-state index is 0.0894. The molecular weight excluding hydrogens is 270 g/mol. The molecule has 1 aromatic heterocycles. The van der Waals surface area contributed by atoms with Gasteiger partial charge in [-0.25, -0.2) is 0 Å². The topological polar surface area (TPSA) is 113 Å². The number of hydrogen-bond donors (Lipinski definition) is 3. The Hall–Kier alpha value is -2.70. The van der Waals surface area contributed by atoms with Crippen LogP contribution in [0.2, 0.25) is 0 Å². The monoisotopic (exact) mass is 287 g/mol. The van der Waals surface area contributed by atoms with Gasteiger partial charge in [0.15, 0.2) is 0 Å². The Morgan fingerprint density at radius 1 is 1.38 bits per heavy atom. The third kappa shape index (κ3) is 3.65. The first kappa shape index (κ1) is 14.7. The standard InChI is InChI=1S/C14H17N5O2/c1-2-10(8-13(15)19-21)18-14(20)9-3-4-11-12(7-9)17-6-5-16-11/h3-7,10,21H,2,8H2,1H3,(H2,15,19)(H,18,20). The lowest BCUT2D eigenvalue weighted by atomic mass is 10.1. The summed E-state index contributed by atoms with van der Waals surface area (Å²) in [6, 6.07) is 4.95. The highest BCUT2D eigenvalue weighted by Gasteiger charge is 2.14. The summed E-state index contributed by atoms with van der Waals surface area (Å²) in [5, 5.41) is 14.4. The number of nitrogens with two attached hydrogens (primary N) is 1. The molecule has 1 heterocycles. The van der Waals surface area contributed by atoms with E-state index in [2.05, 4.69) is 20.4 Å². The second kappa shape index (κ2) is 6.65. The molecule has 110 valence electrons. The number of nitrogens with zero attached hydrogens (tertiary/aromatic N) is 3. The largest absolute Gasteiger partial charge is 0.409 e. The van der Waals surface area contributed by atoms with Gasteiger partial charge in [0.05, 0.1) is 11.0 Å². The van der Waals surface area contributed by atoms with Crippen molar-refractivity contribution in [2.24, 2.45) is 10.9 Å². The first-order valence-electron chi connectivity index (χ1n) is 6.62. The molecule has 2 aromatic rings. The number of amides is 1. The van der Waals surface area contributed by atoms with Crippen LogP contribution in [0.5, 0.6) is 0 Å². The van der Waals surface area contributed by atoms with Gasteiger partial charge < -0.3 is 16.3 Å². The van der Waals surface area contributed by atoms with Gasteiger partial charge in [0.25, 0.3) is 5.91 Å². The molecule has 1 atom stereocenters. The summed E-state index contributed by atoms with van der Waals surface area (Å²) in [6.45, 7) is 1.92. The quantitative estimate of drug-likeness (QED) is 0.332. The fourth-order valence-corrected chi connectivity index (χ4v) is 1.96. The van der Waals surface area contributed by atoms with Crippen molar-refractivity contribution >= 4 is 22.8 Å². The van der Waals surface area contributed by atoms with Crippen molar-refractivity contribution in [2.75, 3.05) is 0 Å². The lowest BCUT2D eigenvalue weighted by Gasteiger charge is -2.16. The van der Waals surface area contributed by atoms with E-state index in [1.54, 1.807) is 30.6 Å². The molecule has 0 radical (unpaired) electrons. The van der Waals surface area contributed by atoms with Crippen molar-refractivity contribution < 1.29 is 10.0 Å². The Balaban J connectivity index is 2.13. The zero-order valence-electron chi connectivity index (χ0n) is 11.7. The summed E-state index contributed by atoms with van der Waals surface area (Å²) < 4.78 is 0. The van der Waals surface area contributed by atoms with Gasteiger partial charge in [-0.05, 0) is 24.6 Å². The number of fused-ring (bicyclic) bond motifs is 1. The Kier molecular flexibility index (Phi) is 4.65. The smallest absolute Gasteiger partial charge is 0.251 e. The van der Waals surface area contributed by atoms with Crippen LogP contribution in [0.15, 0.2) is 35.7 Å². The molecule has 21 heavy (non-hydrogen) atoms. The number of carbonyl (C=O) groups is 1. The SMILES string of the molecule is CCC(CC(N)=NO)NC(=O)c1ccc2nccnc2c1. The lowest BCUT2D eigenvalue weighted by molar-refractivity contribution is 0.0937. The van der Waals surface area contributed by atoms with Gasteiger partial charge >= 0.3 is 0 Å². The van der Waals surface area contributed by atoms with Gasteiger partial charge in [0, 0.05) is 30.4 Å². The van der Waals surface area contributed by atoms with Crippen molar-refractivity contribution in [3.8, 4) is 0 Å². The molecule has 2 rings (SSSR count). The van der Waals surface area contributed by atoms with Crippen LogP contribution < -0.4 is 11.1 Å².